The van der Waals surface area contributed by atoms with E-state index in [0.717, 1.165) is 33.6 Å². The Morgan fingerprint density at radius 2 is 1.85 bits per heavy atom. The van der Waals surface area contributed by atoms with Gasteiger partial charge in [-0.05, 0) is 49.6 Å². The van der Waals surface area contributed by atoms with E-state index in [4.69, 9.17) is 0 Å². The first kappa shape index (κ1) is 25.2. The van der Waals surface area contributed by atoms with Gasteiger partial charge in [0.2, 0.25) is 11.8 Å². The molecule has 1 aliphatic heterocycles. The normalized spacial score (nSPS) is 19.5. The molecule has 0 aromatic heterocycles. The van der Waals surface area contributed by atoms with Gasteiger partial charge >= 0.3 is 0 Å². The number of para-hydroxylation sites is 1. The van der Waals surface area contributed by atoms with Gasteiger partial charge in [-0.1, -0.05) is 68.1 Å². The van der Waals surface area contributed by atoms with Gasteiger partial charge in [0.15, 0.2) is 0 Å². The van der Waals surface area contributed by atoms with Crippen molar-refractivity contribution in [3.8, 4) is 0 Å². The molecule has 2 aromatic carbocycles. The maximum Gasteiger partial charge on any atom is 0.241 e. The van der Waals surface area contributed by atoms with E-state index in [9.17, 15) is 9.59 Å². The largest absolute Gasteiger partial charge is 0.356 e. The van der Waals surface area contributed by atoms with Crippen molar-refractivity contribution in [3.05, 3.63) is 59.7 Å². The van der Waals surface area contributed by atoms with Crippen molar-refractivity contribution in [1.82, 2.24) is 5.32 Å². The van der Waals surface area contributed by atoms with E-state index < -0.39 is 11.2 Å². The highest BCUT2D eigenvalue weighted by Gasteiger charge is 2.39. The van der Waals surface area contributed by atoms with Crippen molar-refractivity contribution in [3.63, 3.8) is 0 Å². The number of nitrogens with one attached hydrogen (secondary N) is 1. The van der Waals surface area contributed by atoms with Gasteiger partial charge in [-0.25, -0.2) is 0 Å². The summed E-state index contributed by atoms with van der Waals surface area (Å²) in [6, 6.07) is 16.3. The fourth-order valence-electron chi connectivity index (χ4n) is 4.66. The zero-order chi connectivity index (χ0) is 23.9. The molecule has 2 aromatic rings. The van der Waals surface area contributed by atoms with Crippen molar-refractivity contribution in [2.45, 2.75) is 74.3 Å². The average molecular weight is 497 g/mol. The van der Waals surface area contributed by atoms with Crippen molar-refractivity contribution < 1.29 is 9.59 Å². The smallest absolute Gasteiger partial charge is 0.241 e. The van der Waals surface area contributed by atoms with Gasteiger partial charge in [0.25, 0.3) is 0 Å². The Hall–Kier alpha value is -1.92. The van der Waals surface area contributed by atoms with Crippen LogP contribution in [0, 0.1) is 12.8 Å². The van der Waals surface area contributed by atoms with Gasteiger partial charge < -0.3 is 10.2 Å². The van der Waals surface area contributed by atoms with Crippen LogP contribution in [-0.2, 0) is 16.1 Å². The monoisotopic (exact) mass is 496 g/mol. The lowest BCUT2D eigenvalue weighted by atomic mass is 10.0. The second-order valence-corrected chi connectivity index (χ2v) is 12.1. The summed E-state index contributed by atoms with van der Waals surface area (Å²) in [6.07, 6.45) is 7.78. The van der Waals surface area contributed by atoms with Crippen LogP contribution in [0.15, 0.2) is 53.4 Å². The third-order valence-electron chi connectivity index (χ3n) is 6.77. The van der Waals surface area contributed by atoms with Crippen LogP contribution in [-0.4, -0.2) is 34.6 Å². The maximum absolute atomic E-state index is 13.6. The number of thioether (sulfide) groups is 2. The van der Waals surface area contributed by atoms with Crippen molar-refractivity contribution >= 4 is 41.0 Å². The number of rotatable bonds is 9. The Bertz CT molecular complexity index is 973. The molecule has 0 spiro atoms. The molecular formula is C28H36N2O2S2. The number of benzene rings is 2. The predicted molar refractivity (Wildman–Crippen MR) is 145 cm³/mol. The van der Waals surface area contributed by atoms with Crippen LogP contribution in [0.25, 0.3) is 0 Å². The quantitative estimate of drug-likeness (QED) is 0.419. The molecule has 2 aliphatic rings. The SMILES string of the molecule is Cc1ccc(CN2C(=O)[C@@H]([C@@H](C)C(=O)NCCCSC3CCCCC3)Sc3ccccc32)cc1. The molecule has 6 heteroatoms. The second-order valence-electron chi connectivity index (χ2n) is 9.48. The molecule has 2 amide bonds. The Morgan fingerprint density at radius 3 is 2.62 bits per heavy atom. The molecule has 0 unspecified atom stereocenters. The summed E-state index contributed by atoms with van der Waals surface area (Å²) >= 11 is 3.59. The second kappa shape index (κ2) is 12.2. The van der Waals surface area contributed by atoms with Crippen LogP contribution in [0.4, 0.5) is 5.69 Å². The van der Waals surface area contributed by atoms with E-state index in [1.165, 1.54) is 49.4 Å². The topological polar surface area (TPSA) is 49.4 Å². The van der Waals surface area contributed by atoms with Crippen LogP contribution >= 0.6 is 23.5 Å². The first-order valence-corrected chi connectivity index (χ1v) is 14.5. The standard InChI is InChI=1S/C28H36N2O2S2/c1-20-13-15-22(16-14-20)19-30-24-11-6-7-12-25(24)34-26(28(30)32)21(2)27(31)29-17-8-18-33-23-9-4-3-5-10-23/h6-7,11-16,21,23,26H,3-5,8-10,17-19H2,1-2H3,(H,29,31)/t21-,26-/m1/s1. The summed E-state index contributed by atoms with van der Waals surface area (Å²) < 4.78 is 0. The number of anilines is 1. The molecule has 1 N–H and O–H groups in total. The van der Waals surface area contributed by atoms with Gasteiger partial charge in [0.1, 0.15) is 5.25 Å². The molecule has 182 valence electrons. The first-order valence-electron chi connectivity index (χ1n) is 12.5. The van der Waals surface area contributed by atoms with Crippen LogP contribution in [0.2, 0.25) is 0 Å². The van der Waals surface area contributed by atoms with Gasteiger partial charge in [-0.2, -0.15) is 11.8 Å². The van der Waals surface area contributed by atoms with E-state index in [1.807, 2.05) is 30.0 Å². The number of nitrogens with zero attached hydrogens (tertiary/aromatic N) is 1. The van der Waals surface area contributed by atoms with E-state index in [2.05, 4.69) is 54.3 Å². The van der Waals surface area contributed by atoms with E-state index in [0.29, 0.717) is 13.1 Å². The molecule has 4 rings (SSSR count). The fraction of sp³-hybridized carbons (Fsp3) is 0.500. The first-order chi connectivity index (χ1) is 16.5. The van der Waals surface area contributed by atoms with Crippen molar-refractivity contribution in [2.24, 2.45) is 5.92 Å². The van der Waals surface area contributed by atoms with E-state index >= 15 is 0 Å². The Balaban J connectivity index is 1.35. The molecule has 0 radical (unpaired) electrons. The number of aryl methyl sites for hydroxylation is 1. The molecule has 1 saturated carbocycles. The van der Waals surface area contributed by atoms with E-state index in [1.54, 1.807) is 0 Å². The van der Waals surface area contributed by atoms with Crippen molar-refractivity contribution in [1.29, 1.82) is 0 Å². The lowest BCUT2D eigenvalue weighted by Gasteiger charge is -2.35. The van der Waals surface area contributed by atoms with E-state index in [-0.39, 0.29) is 11.8 Å². The zero-order valence-electron chi connectivity index (χ0n) is 20.3. The highest BCUT2D eigenvalue weighted by Crippen LogP contribution is 2.42. The molecule has 1 heterocycles. The molecule has 4 nitrogen and oxygen atoms in total. The Morgan fingerprint density at radius 1 is 1.12 bits per heavy atom. The highest BCUT2D eigenvalue weighted by molar-refractivity contribution is 8.01. The third kappa shape index (κ3) is 6.39. The summed E-state index contributed by atoms with van der Waals surface area (Å²) in [4.78, 5) is 29.5. The summed E-state index contributed by atoms with van der Waals surface area (Å²) in [6.45, 7) is 5.14. The Kier molecular flexibility index (Phi) is 9.01. The highest BCUT2D eigenvalue weighted by atomic mass is 32.2. The van der Waals surface area contributed by atoms with Crippen LogP contribution in [0.5, 0.6) is 0 Å². The maximum atomic E-state index is 13.6. The third-order valence-corrected chi connectivity index (χ3v) is 9.70. The molecule has 0 bridgehead atoms. The number of hydrogen-bond donors (Lipinski definition) is 1. The number of hydrogen-bond acceptors (Lipinski definition) is 4. The minimum absolute atomic E-state index is 0.0137. The summed E-state index contributed by atoms with van der Waals surface area (Å²) in [5, 5.41) is 3.48. The number of fused-ring (bicyclic) bond motifs is 1. The predicted octanol–water partition coefficient (Wildman–Crippen LogP) is 6.21. The average Bonchev–Trinajstić information content (AvgIpc) is 2.86. The lowest BCUT2D eigenvalue weighted by Crippen LogP contribution is -2.47. The number of amides is 2. The van der Waals surface area contributed by atoms with Gasteiger partial charge in [-0.15, -0.1) is 11.8 Å². The van der Waals surface area contributed by atoms with Gasteiger partial charge in [0, 0.05) is 16.7 Å². The minimum atomic E-state index is -0.419. The fourth-order valence-corrected chi connectivity index (χ4v) is 7.25. The molecule has 1 aliphatic carbocycles. The molecular weight excluding hydrogens is 460 g/mol. The molecule has 0 saturated heterocycles. The van der Waals surface area contributed by atoms with Crippen LogP contribution in [0.1, 0.15) is 56.6 Å². The van der Waals surface area contributed by atoms with Crippen LogP contribution in [0.3, 0.4) is 0 Å². The van der Waals surface area contributed by atoms with Crippen LogP contribution < -0.4 is 10.2 Å². The molecule has 1 fully saturated rings. The molecule has 2 atom stereocenters. The minimum Gasteiger partial charge on any atom is -0.356 e. The summed E-state index contributed by atoms with van der Waals surface area (Å²) in [5.41, 5.74) is 3.22. The number of carbonyl (C=O) groups is 2. The Labute approximate surface area is 212 Å². The summed E-state index contributed by atoms with van der Waals surface area (Å²) in [7, 11) is 0. The molecule has 34 heavy (non-hydrogen) atoms. The van der Waals surface area contributed by atoms with Crippen molar-refractivity contribution in [2.75, 3.05) is 17.2 Å². The van der Waals surface area contributed by atoms with Gasteiger partial charge in [-0.3, -0.25) is 9.59 Å². The lowest BCUT2D eigenvalue weighted by molar-refractivity contribution is -0.128. The summed E-state index contributed by atoms with van der Waals surface area (Å²) in [5.74, 6) is 0.689. The number of carbonyl (C=O) groups excluding carboxylic acids is 2. The zero-order valence-corrected chi connectivity index (χ0v) is 21.9. The van der Waals surface area contributed by atoms with Gasteiger partial charge in [0.05, 0.1) is 18.2 Å².